The number of aromatic nitrogens is 2. The predicted molar refractivity (Wildman–Crippen MR) is 80.2 cm³/mol. The van der Waals surface area contributed by atoms with E-state index < -0.39 is 11.7 Å². The molecule has 1 aliphatic heterocycles. The van der Waals surface area contributed by atoms with Crippen molar-refractivity contribution in [2.75, 3.05) is 6.54 Å². The first kappa shape index (κ1) is 15.5. The average molecular weight is 340 g/mol. The second kappa shape index (κ2) is 6.00. The molecule has 0 amide bonds. The van der Waals surface area contributed by atoms with Gasteiger partial charge >= 0.3 is 6.18 Å². The molecule has 1 aromatic heterocycles. The fourth-order valence-corrected chi connectivity index (χ4v) is 2.16. The lowest BCUT2D eigenvalue weighted by molar-refractivity contribution is -0.137. The lowest BCUT2D eigenvalue weighted by Crippen LogP contribution is -2.04. The van der Waals surface area contributed by atoms with E-state index >= 15 is 0 Å². The first-order chi connectivity index (χ1) is 10.9. The van der Waals surface area contributed by atoms with Crippen molar-refractivity contribution in [3.8, 4) is 11.5 Å². The number of hydrogen-bond acceptors (Lipinski definition) is 4. The zero-order chi connectivity index (χ0) is 16.4. The van der Waals surface area contributed by atoms with Crippen LogP contribution in [0.15, 0.2) is 45.9 Å². The van der Waals surface area contributed by atoms with Gasteiger partial charge < -0.3 is 4.52 Å². The molecular formula is C15H9ClF3N3O. The van der Waals surface area contributed by atoms with E-state index in [1.807, 2.05) is 0 Å². The van der Waals surface area contributed by atoms with E-state index in [2.05, 4.69) is 15.1 Å². The van der Waals surface area contributed by atoms with E-state index in [4.69, 9.17) is 16.1 Å². The molecule has 2 aromatic rings. The number of aliphatic imine (C=N–C) groups is 1. The Morgan fingerprint density at radius 1 is 1.17 bits per heavy atom. The van der Waals surface area contributed by atoms with Gasteiger partial charge in [0.05, 0.1) is 22.7 Å². The number of alkyl halides is 3. The molecule has 0 unspecified atom stereocenters. The van der Waals surface area contributed by atoms with Gasteiger partial charge in [0, 0.05) is 11.8 Å². The smallest absolute Gasteiger partial charge is 0.334 e. The van der Waals surface area contributed by atoms with Crippen LogP contribution in [0.25, 0.3) is 17.0 Å². The van der Waals surface area contributed by atoms with E-state index in [0.29, 0.717) is 12.1 Å². The molecule has 23 heavy (non-hydrogen) atoms. The summed E-state index contributed by atoms with van der Waals surface area (Å²) in [5, 5.41) is 3.89. The van der Waals surface area contributed by atoms with Crippen molar-refractivity contribution in [3.63, 3.8) is 0 Å². The van der Waals surface area contributed by atoms with Crippen molar-refractivity contribution in [2.24, 2.45) is 4.99 Å². The van der Waals surface area contributed by atoms with Gasteiger partial charge in [-0.15, -0.1) is 0 Å². The molecule has 8 heteroatoms. The molecule has 0 fully saturated rings. The minimum atomic E-state index is -4.48. The van der Waals surface area contributed by atoms with Crippen molar-refractivity contribution in [2.45, 2.75) is 6.18 Å². The molecule has 4 nitrogen and oxygen atoms in total. The largest absolute Gasteiger partial charge is 0.416 e. The van der Waals surface area contributed by atoms with Crippen molar-refractivity contribution in [1.29, 1.82) is 0 Å². The molecule has 0 aliphatic carbocycles. The molecule has 1 aliphatic rings. The fourth-order valence-electron chi connectivity index (χ4n) is 1.96. The van der Waals surface area contributed by atoms with Crippen LogP contribution in [0.4, 0.5) is 13.2 Å². The Kier molecular flexibility index (Phi) is 4.04. The predicted octanol–water partition coefficient (Wildman–Crippen LogP) is 4.43. The molecule has 0 saturated heterocycles. The Hall–Kier alpha value is -2.41. The third-order valence-corrected chi connectivity index (χ3v) is 3.43. The molecule has 0 spiro atoms. The Labute approximate surface area is 134 Å². The zero-order valence-corrected chi connectivity index (χ0v) is 12.3. The standard InChI is InChI=1S/C15H9ClF3N3O/c16-12-5-4-10(15(17,18)19)7-11(12)14-21-13(22-23-14)9-3-1-2-6-20-8-9/h1-7H,8H2. The van der Waals surface area contributed by atoms with Gasteiger partial charge in [-0.1, -0.05) is 28.9 Å². The Balaban J connectivity index is 1.99. The highest BCUT2D eigenvalue weighted by molar-refractivity contribution is 6.33. The van der Waals surface area contributed by atoms with Crippen LogP contribution < -0.4 is 0 Å². The topological polar surface area (TPSA) is 51.3 Å². The molecule has 2 heterocycles. The number of hydrogen-bond donors (Lipinski definition) is 0. The quantitative estimate of drug-likeness (QED) is 0.813. The van der Waals surface area contributed by atoms with Crippen LogP contribution in [0, 0.1) is 0 Å². The van der Waals surface area contributed by atoms with E-state index in [0.717, 1.165) is 18.2 Å². The summed E-state index contributed by atoms with van der Waals surface area (Å²) in [5.41, 5.74) is -0.112. The SMILES string of the molecule is FC(F)(F)c1ccc(Cl)c(-c2nc(C3=CC=CC=NC3)no2)c1. The van der Waals surface area contributed by atoms with Gasteiger partial charge in [0.2, 0.25) is 5.82 Å². The van der Waals surface area contributed by atoms with Gasteiger partial charge in [-0.2, -0.15) is 18.2 Å². The van der Waals surface area contributed by atoms with E-state index in [1.54, 1.807) is 24.4 Å². The fraction of sp³-hybridized carbons (Fsp3) is 0.133. The molecule has 0 N–H and O–H groups in total. The van der Waals surface area contributed by atoms with Crippen molar-refractivity contribution >= 4 is 23.4 Å². The first-order valence-electron chi connectivity index (χ1n) is 6.52. The monoisotopic (exact) mass is 339 g/mol. The van der Waals surface area contributed by atoms with Crippen LogP contribution in [0.5, 0.6) is 0 Å². The van der Waals surface area contributed by atoms with E-state index in [1.165, 1.54) is 0 Å². The maximum absolute atomic E-state index is 12.8. The number of rotatable bonds is 2. The summed E-state index contributed by atoms with van der Waals surface area (Å²) < 4.78 is 43.5. The van der Waals surface area contributed by atoms with Crippen molar-refractivity contribution in [1.82, 2.24) is 10.1 Å². The molecule has 0 saturated carbocycles. The van der Waals surface area contributed by atoms with Gasteiger partial charge in [0.15, 0.2) is 0 Å². The molecule has 0 bridgehead atoms. The van der Waals surface area contributed by atoms with Crippen molar-refractivity contribution in [3.05, 3.63) is 52.8 Å². The number of nitrogens with zero attached hydrogens (tertiary/aromatic N) is 3. The normalized spacial score (nSPS) is 14.7. The highest BCUT2D eigenvalue weighted by Crippen LogP contribution is 2.35. The number of allylic oxidation sites excluding steroid dienone is 3. The highest BCUT2D eigenvalue weighted by atomic mass is 35.5. The van der Waals surface area contributed by atoms with Crippen LogP contribution in [-0.2, 0) is 6.18 Å². The van der Waals surface area contributed by atoms with Gasteiger partial charge in [0.25, 0.3) is 5.89 Å². The maximum atomic E-state index is 12.8. The summed E-state index contributed by atoms with van der Waals surface area (Å²) in [4.78, 5) is 8.22. The second-order valence-corrected chi connectivity index (χ2v) is 5.09. The lowest BCUT2D eigenvalue weighted by atomic mass is 10.1. The summed E-state index contributed by atoms with van der Waals surface area (Å²) >= 11 is 5.96. The van der Waals surface area contributed by atoms with E-state index in [9.17, 15) is 13.2 Å². The first-order valence-corrected chi connectivity index (χ1v) is 6.90. The van der Waals surface area contributed by atoms with Crippen LogP contribution >= 0.6 is 11.6 Å². The van der Waals surface area contributed by atoms with Crippen LogP contribution in [0.3, 0.4) is 0 Å². The third kappa shape index (κ3) is 3.34. The second-order valence-electron chi connectivity index (χ2n) is 4.68. The van der Waals surface area contributed by atoms with Crippen LogP contribution in [0.2, 0.25) is 5.02 Å². The zero-order valence-electron chi connectivity index (χ0n) is 11.5. The molecule has 0 atom stereocenters. The molecule has 3 rings (SSSR count). The lowest BCUT2D eigenvalue weighted by Gasteiger charge is -2.08. The minimum Gasteiger partial charge on any atom is -0.334 e. The Morgan fingerprint density at radius 2 is 2.00 bits per heavy atom. The number of benzene rings is 1. The minimum absolute atomic E-state index is 0.0357. The van der Waals surface area contributed by atoms with E-state index in [-0.39, 0.29) is 22.3 Å². The summed E-state index contributed by atoms with van der Waals surface area (Å²) in [6, 6.07) is 2.94. The summed E-state index contributed by atoms with van der Waals surface area (Å²) in [5.74, 6) is 0.186. The van der Waals surface area contributed by atoms with Gasteiger partial charge in [-0.3, -0.25) is 4.99 Å². The van der Waals surface area contributed by atoms with Gasteiger partial charge in [0.1, 0.15) is 0 Å². The summed E-state index contributed by atoms with van der Waals surface area (Å²) in [7, 11) is 0. The third-order valence-electron chi connectivity index (χ3n) is 3.10. The maximum Gasteiger partial charge on any atom is 0.416 e. The number of halogens is 4. The summed E-state index contributed by atoms with van der Waals surface area (Å²) in [6.07, 6.45) is 2.42. The van der Waals surface area contributed by atoms with Crippen LogP contribution in [-0.4, -0.2) is 22.9 Å². The average Bonchev–Trinajstić information content (AvgIpc) is 2.82. The molecule has 0 radical (unpaired) electrons. The van der Waals surface area contributed by atoms with Crippen molar-refractivity contribution < 1.29 is 17.7 Å². The Bertz CT molecular complexity index is 822. The summed E-state index contributed by atoms with van der Waals surface area (Å²) in [6.45, 7) is 0.350. The molecular weight excluding hydrogens is 331 g/mol. The van der Waals surface area contributed by atoms with Gasteiger partial charge in [-0.25, -0.2) is 0 Å². The Morgan fingerprint density at radius 3 is 2.78 bits per heavy atom. The molecule has 1 aromatic carbocycles. The van der Waals surface area contributed by atoms with Crippen LogP contribution in [0.1, 0.15) is 11.4 Å². The highest BCUT2D eigenvalue weighted by Gasteiger charge is 2.31. The van der Waals surface area contributed by atoms with Gasteiger partial charge in [-0.05, 0) is 24.3 Å². The molecule has 118 valence electrons.